The normalized spacial score (nSPS) is 25.9. The summed E-state index contributed by atoms with van der Waals surface area (Å²) in [6.45, 7) is 1.84. The summed E-state index contributed by atoms with van der Waals surface area (Å²) in [5, 5.41) is 0. The van der Waals surface area contributed by atoms with E-state index >= 15 is 0 Å². The maximum atomic E-state index is 5.49. The van der Waals surface area contributed by atoms with E-state index in [1.807, 2.05) is 0 Å². The van der Waals surface area contributed by atoms with Gasteiger partial charge in [-0.2, -0.15) is 11.8 Å². The Morgan fingerprint density at radius 1 is 1.64 bits per heavy atom. The van der Waals surface area contributed by atoms with Crippen molar-refractivity contribution < 1.29 is 0 Å². The third kappa shape index (κ3) is 3.01. The van der Waals surface area contributed by atoms with Crippen LogP contribution in [-0.2, 0) is 0 Å². The molecule has 0 aromatic rings. The third-order valence-corrected chi connectivity index (χ3v) is 3.44. The molecule has 0 amide bonds. The summed E-state index contributed by atoms with van der Waals surface area (Å²) in [6, 6.07) is 0.789. The molecule has 1 unspecified atom stereocenters. The molecule has 66 valence electrons. The van der Waals surface area contributed by atoms with Gasteiger partial charge >= 0.3 is 0 Å². The number of hydrogen-bond donors (Lipinski definition) is 1. The van der Waals surface area contributed by atoms with Gasteiger partial charge in [0.1, 0.15) is 0 Å². The number of likely N-dealkylation sites (N-methyl/N-ethyl adjacent to an activating group) is 1. The first kappa shape index (κ1) is 9.36. The Morgan fingerprint density at radius 3 is 3.00 bits per heavy atom. The van der Waals surface area contributed by atoms with Gasteiger partial charge in [0.05, 0.1) is 0 Å². The molecule has 2 N–H and O–H groups in total. The molecule has 3 heteroatoms. The minimum Gasteiger partial charge on any atom is -0.329 e. The van der Waals surface area contributed by atoms with E-state index < -0.39 is 0 Å². The maximum absolute atomic E-state index is 5.49. The highest BCUT2D eigenvalue weighted by atomic mass is 32.2. The van der Waals surface area contributed by atoms with Gasteiger partial charge in [0.15, 0.2) is 0 Å². The van der Waals surface area contributed by atoms with Gasteiger partial charge in [0.25, 0.3) is 0 Å². The van der Waals surface area contributed by atoms with Crippen LogP contribution in [0, 0.1) is 0 Å². The van der Waals surface area contributed by atoms with Gasteiger partial charge in [0, 0.05) is 24.9 Å². The second kappa shape index (κ2) is 5.01. The zero-order chi connectivity index (χ0) is 8.10. The summed E-state index contributed by atoms with van der Waals surface area (Å²) < 4.78 is 0. The van der Waals surface area contributed by atoms with Crippen molar-refractivity contribution in [1.29, 1.82) is 0 Å². The second-order valence-corrected chi connectivity index (χ2v) is 4.29. The molecule has 1 heterocycles. The zero-order valence-electron chi connectivity index (χ0n) is 7.25. The number of hydrogen-bond acceptors (Lipinski definition) is 3. The Morgan fingerprint density at radius 2 is 2.45 bits per heavy atom. The molecular weight excluding hydrogens is 156 g/mol. The average molecular weight is 174 g/mol. The Labute approximate surface area is 73.5 Å². The van der Waals surface area contributed by atoms with Gasteiger partial charge in [0.2, 0.25) is 0 Å². The van der Waals surface area contributed by atoms with Crippen molar-refractivity contribution in [3.05, 3.63) is 0 Å². The summed E-state index contributed by atoms with van der Waals surface area (Å²) in [5.41, 5.74) is 5.49. The van der Waals surface area contributed by atoms with Crippen LogP contribution in [0.2, 0.25) is 0 Å². The monoisotopic (exact) mass is 174 g/mol. The van der Waals surface area contributed by atoms with E-state index in [2.05, 4.69) is 23.7 Å². The lowest BCUT2D eigenvalue weighted by Crippen LogP contribution is -2.38. The fraction of sp³-hybridized carbons (Fsp3) is 1.00. The van der Waals surface area contributed by atoms with Crippen LogP contribution in [0.5, 0.6) is 0 Å². The lowest BCUT2D eigenvalue weighted by Gasteiger charge is -2.30. The van der Waals surface area contributed by atoms with Gasteiger partial charge in [-0.3, -0.25) is 0 Å². The van der Waals surface area contributed by atoms with Crippen LogP contribution in [0.4, 0.5) is 0 Å². The largest absolute Gasteiger partial charge is 0.329 e. The van der Waals surface area contributed by atoms with Crippen LogP contribution in [-0.4, -0.2) is 42.6 Å². The molecule has 0 radical (unpaired) electrons. The molecule has 1 atom stereocenters. The molecule has 1 fully saturated rings. The Bertz CT molecular complexity index is 102. The van der Waals surface area contributed by atoms with Gasteiger partial charge in [-0.05, 0) is 25.6 Å². The number of nitrogens with two attached hydrogens (primary N) is 1. The predicted molar refractivity (Wildman–Crippen MR) is 52.0 cm³/mol. The summed E-state index contributed by atoms with van der Waals surface area (Å²) in [7, 11) is 2.18. The van der Waals surface area contributed by atoms with Gasteiger partial charge < -0.3 is 10.6 Å². The first-order valence-electron chi connectivity index (χ1n) is 4.32. The Kier molecular flexibility index (Phi) is 4.26. The minimum absolute atomic E-state index is 0.789. The molecule has 2 nitrogen and oxygen atoms in total. The molecule has 1 aliphatic heterocycles. The third-order valence-electron chi connectivity index (χ3n) is 2.24. The topological polar surface area (TPSA) is 29.3 Å². The van der Waals surface area contributed by atoms with Crippen LogP contribution in [0.15, 0.2) is 0 Å². The number of rotatable bonds is 3. The Balaban J connectivity index is 2.21. The molecule has 1 saturated heterocycles. The summed E-state index contributed by atoms with van der Waals surface area (Å²) in [4.78, 5) is 2.40. The van der Waals surface area contributed by atoms with Crippen LogP contribution in [0.1, 0.15) is 12.8 Å². The lowest BCUT2D eigenvalue weighted by atomic mass is 10.1. The predicted octanol–water partition coefficient (Wildman–Crippen LogP) is 0.772. The van der Waals surface area contributed by atoms with Crippen molar-refractivity contribution >= 4 is 11.8 Å². The first-order chi connectivity index (χ1) is 5.34. The van der Waals surface area contributed by atoms with Crippen molar-refractivity contribution in [3.8, 4) is 0 Å². The molecular formula is C8H18N2S. The van der Waals surface area contributed by atoms with E-state index in [9.17, 15) is 0 Å². The van der Waals surface area contributed by atoms with Crippen LogP contribution in [0.3, 0.4) is 0 Å². The minimum atomic E-state index is 0.789. The highest BCUT2D eigenvalue weighted by Crippen LogP contribution is 2.20. The quantitative estimate of drug-likeness (QED) is 0.685. The number of nitrogens with zero attached hydrogens (tertiary/aromatic N) is 1. The average Bonchev–Trinajstić information content (AvgIpc) is 2.07. The molecule has 11 heavy (non-hydrogen) atoms. The zero-order valence-corrected chi connectivity index (χ0v) is 8.07. The molecule has 0 spiro atoms. The first-order valence-corrected chi connectivity index (χ1v) is 5.48. The molecule has 0 aromatic carbocycles. The maximum Gasteiger partial charge on any atom is 0.0184 e. The highest BCUT2D eigenvalue weighted by Gasteiger charge is 2.16. The SMILES string of the molecule is CN(CCN)C1CCCSC1. The molecule has 0 aromatic heterocycles. The summed E-state index contributed by atoms with van der Waals surface area (Å²) in [5.74, 6) is 2.66. The van der Waals surface area contributed by atoms with Crippen LogP contribution >= 0.6 is 11.8 Å². The fourth-order valence-electron chi connectivity index (χ4n) is 1.46. The van der Waals surface area contributed by atoms with Crippen LogP contribution in [0.25, 0.3) is 0 Å². The van der Waals surface area contributed by atoms with E-state index in [1.165, 1.54) is 24.3 Å². The van der Waals surface area contributed by atoms with E-state index in [0.29, 0.717) is 0 Å². The van der Waals surface area contributed by atoms with Crippen LogP contribution < -0.4 is 5.73 Å². The molecule has 1 rings (SSSR count). The van der Waals surface area contributed by atoms with E-state index in [1.54, 1.807) is 0 Å². The standard InChI is InChI=1S/C8H18N2S/c1-10(5-4-9)8-3-2-6-11-7-8/h8H,2-7,9H2,1H3. The highest BCUT2D eigenvalue weighted by molar-refractivity contribution is 7.99. The fourth-order valence-corrected chi connectivity index (χ4v) is 2.69. The second-order valence-electron chi connectivity index (χ2n) is 3.14. The van der Waals surface area contributed by atoms with Gasteiger partial charge in [-0.25, -0.2) is 0 Å². The van der Waals surface area contributed by atoms with E-state index in [0.717, 1.165) is 19.1 Å². The smallest absolute Gasteiger partial charge is 0.0184 e. The van der Waals surface area contributed by atoms with Gasteiger partial charge in [-0.1, -0.05) is 0 Å². The van der Waals surface area contributed by atoms with Crippen molar-refractivity contribution in [2.75, 3.05) is 31.6 Å². The van der Waals surface area contributed by atoms with Crippen molar-refractivity contribution in [1.82, 2.24) is 4.90 Å². The molecule has 1 aliphatic rings. The summed E-state index contributed by atoms with van der Waals surface area (Å²) in [6.07, 6.45) is 2.74. The van der Waals surface area contributed by atoms with Crippen molar-refractivity contribution in [3.63, 3.8) is 0 Å². The molecule has 0 aliphatic carbocycles. The lowest BCUT2D eigenvalue weighted by molar-refractivity contribution is 0.253. The summed E-state index contributed by atoms with van der Waals surface area (Å²) >= 11 is 2.07. The molecule has 0 saturated carbocycles. The number of thioether (sulfide) groups is 1. The van der Waals surface area contributed by atoms with Crippen molar-refractivity contribution in [2.45, 2.75) is 18.9 Å². The molecule has 0 bridgehead atoms. The van der Waals surface area contributed by atoms with E-state index in [-0.39, 0.29) is 0 Å². The van der Waals surface area contributed by atoms with Crippen molar-refractivity contribution in [2.24, 2.45) is 5.73 Å². The van der Waals surface area contributed by atoms with E-state index in [4.69, 9.17) is 5.73 Å². The Hall–Kier alpha value is 0.270. The van der Waals surface area contributed by atoms with Gasteiger partial charge in [-0.15, -0.1) is 0 Å².